The van der Waals surface area contributed by atoms with E-state index in [2.05, 4.69) is 0 Å². The van der Waals surface area contributed by atoms with E-state index in [1.165, 1.54) is 0 Å². The molecular formula is C35H24O18. The minimum Gasteiger partial charge on any atom is -0.481 e. The van der Waals surface area contributed by atoms with Crippen LogP contribution in [0.5, 0.6) is 23.0 Å². The number of carboxylic acids is 8. The summed E-state index contributed by atoms with van der Waals surface area (Å²) < 4.78 is 11.2. The molecule has 0 atom stereocenters. The van der Waals surface area contributed by atoms with Crippen molar-refractivity contribution in [3.05, 3.63) is 118 Å². The Bertz CT molecular complexity index is 2030. The van der Waals surface area contributed by atoms with Gasteiger partial charge in [-0.05, 0) is 71.8 Å². The van der Waals surface area contributed by atoms with Gasteiger partial charge in [0, 0.05) is 0 Å². The molecule has 0 spiro atoms. The van der Waals surface area contributed by atoms with Gasteiger partial charge in [-0.1, -0.05) is 24.3 Å². The van der Waals surface area contributed by atoms with E-state index >= 15 is 0 Å². The Balaban J connectivity index is 1.89. The lowest BCUT2D eigenvalue weighted by Crippen LogP contribution is -2.62. The van der Waals surface area contributed by atoms with E-state index in [1.54, 1.807) is 0 Å². The van der Waals surface area contributed by atoms with Crippen LogP contribution in [0.25, 0.3) is 0 Å². The van der Waals surface area contributed by atoms with Crippen LogP contribution >= 0.6 is 0 Å². The van der Waals surface area contributed by atoms with Crippen LogP contribution in [0.3, 0.4) is 0 Å². The van der Waals surface area contributed by atoms with Crippen LogP contribution in [0.4, 0.5) is 0 Å². The summed E-state index contributed by atoms with van der Waals surface area (Å²) >= 11 is 0. The topological polar surface area (TPSA) is 317 Å². The molecule has 0 saturated heterocycles. The van der Waals surface area contributed by atoms with E-state index in [0.29, 0.717) is 0 Å². The SMILES string of the molecule is O=C(O)CC(c1ccc(Oc2ccc(C(=O)O)c(C(=O)O)c2)cc1)(c1ccc(Oc2ccc(C(=O)O)c(C(=O)O)c2)cc1)C(C(=O)O)(C(=O)O)C(=O)O. The number of benzene rings is 4. The van der Waals surface area contributed by atoms with E-state index in [4.69, 9.17) is 9.47 Å². The summed E-state index contributed by atoms with van der Waals surface area (Å²) in [5.74, 6) is -16.0. The summed E-state index contributed by atoms with van der Waals surface area (Å²) in [5, 5.41) is 78.3. The maximum atomic E-state index is 12.8. The summed E-state index contributed by atoms with van der Waals surface area (Å²) in [4.78, 5) is 96.9. The Morgan fingerprint density at radius 2 is 0.717 bits per heavy atom. The number of carboxylic acid groups (broad SMARTS) is 8. The number of ether oxygens (including phenoxy) is 2. The third-order valence-corrected chi connectivity index (χ3v) is 8.09. The van der Waals surface area contributed by atoms with Gasteiger partial charge in [0.1, 0.15) is 23.0 Å². The highest BCUT2D eigenvalue weighted by molar-refractivity contribution is 6.19. The van der Waals surface area contributed by atoms with E-state index in [1.807, 2.05) is 0 Å². The first-order chi connectivity index (χ1) is 24.9. The first-order valence-corrected chi connectivity index (χ1v) is 14.6. The molecule has 0 heterocycles. The van der Waals surface area contributed by atoms with Gasteiger partial charge in [0.2, 0.25) is 0 Å². The zero-order chi connectivity index (χ0) is 39.4. The average Bonchev–Trinajstić information content (AvgIpc) is 3.07. The molecule has 272 valence electrons. The van der Waals surface area contributed by atoms with Gasteiger partial charge in [0.15, 0.2) is 0 Å². The summed E-state index contributed by atoms with van der Waals surface area (Å²) in [6.07, 6.45) is -1.43. The number of rotatable bonds is 16. The Morgan fingerprint density at radius 3 is 0.981 bits per heavy atom. The third-order valence-electron chi connectivity index (χ3n) is 8.09. The normalized spacial score (nSPS) is 11.2. The Morgan fingerprint density at radius 1 is 0.415 bits per heavy atom. The Kier molecular flexibility index (Phi) is 10.5. The molecule has 0 saturated carbocycles. The molecule has 0 aromatic heterocycles. The summed E-state index contributed by atoms with van der Waals surface area (Å²) in [6, 6.07) is 14.2. The molecule has 53 heavy (non-hydrogen) atoms. The van der Waals surface area contributed by atoms with Gasteiger partial charge < -0.3 is 50.3 Å². The molecule has 4 rings (SSSR count). The first-order valence-electron chi connectivity index (χ1n) is 14.6. The third kappa shape index (κ3) is 6.99. The number of hydrogen-bond acceptors (Lipinski definition) is 10. The molecular weight excluding hydrogens is 708 g/mol. The van der Waals surface area contributed by atoms with Crippen molar-refractivity contribution in [2.45, 2.75) is 11.8 Å². The Hall–Kier alpha value is -7.76. The highest BCUT2D eigenvalue weighted by Gasteiger charge is 2.70. The lowest BCUT2D eigenvalue weighted by Gasteiger charge is -2.42. The maximum Gasteiger partial charge on any atom is 0.336 e. The van der Waals surface area contributed by atoms with Gasteiger partial charge in [0.25, 0.3) is 5.41 Å². The lowest BCUT2D eigenvalue weighted by molar-refractivity contribution is -0.181. The second kappa shape index (κ2) is 14.6. The molecule has 0 aliphatic rings. The van der Waals surface area contributed by atoms with E-state index < -0.39 is 98.4 Å². The average molecular weight is 733 g/mol. The molecule has 18 nitrogen and oxygen atoms in total. The van der Waals surface area contributed by atoms with Crippen LogP contribution in [0, 0.1) is 5.41 Å². The predicted molar refractivity (Wildman–Crippen MR) is 172 cm³/mol. The van der Waals surface area contributed by atoms with Crippen molar-refractivity contribution in [3.8, 4) is 23.0 Å². The van der Waals surface area contributed by atoms with Gasteiger partial charge in [-0.25, -0.2) is 19.2 Å². The monoisotopic (exact) mass is 732 g/mol. The molecule has 18 heteroatoms. The summed E-state index contributed by atoms with van der Waals surface area (Å²) in [5.41, 5.74) is -10.2. The predicted octanol–water partition coefficient (Wildman–Crippen LogP) is 4.07. The number of hydrogen-bond donors (Lipinski definition) is 8. The fourth-order valence-electron chi connectivity index (χ4n) is 5.77. The molecule has 4 aromatic carbocycles. The van der Waals surface area contributed by atoms with Crippen LogP contribution in [-0.2, 0) is 24.6 Å². The van der Waals surface area contributed by atoms with E-state index in [0.717, 1.165) is 84.9 Å². The largest absolute Gasteiger partial charge is 0.481 e. The van der Waals surface area contributed by atoms with Crippen molar-refractivity contribution in [3.63, 3.8) is 0 Å². The summed E-state index contributed by atoms with van der Waals surface area (Å²) in [7, 11) is 0. The fourth-order valence-corrected chi connectivity index (χ4v) is 5.77. The van der Waals surface area contributed by atoms with Gasteiger partial charge >= 0.3 is 47.8 Å². The van der Waals surface area contributed by atoms with Crippen LogP contribution < -0.4 is 9.47 Å². The van der Waals surface area contributed by atoms with Crippen molar-refractivity contribution in [1.82, 2.24) is 0 Å². The maximum absolute atomic E-state index is 12.8. The first kappa shape index (κ1) is 38.0. The Labute approximate surface area is 294 Å². The molecule has 8 N–H and O–H groups in total. The van der Waals surface area contributed by atoms with Crippen molar-refractivity contribution < 1.29 is 88.7 Å². The minimum absolute atomic E-state index is 0.137. The van der Waals surface area contributed by atoms with Crippen LogP contribution in [0.1, 0.15) is 59.0 Å². The molecule has 0 aliphatic carbocycles. The number of carbonyl (C=O) groups is 8. The van der Waals surface area contributed by atoms with Crippen LogP contribution in [-0.4, -0.2) is 88.6 Å². The molecule has 0 radical (unpaired) electrons. The summed E-state index contributed by atoms with van der Waals surface area (Å²) in [6.45, 7) is 0. The second-order valence-electron chi connectivity index (χ2n) is 11.0. The van der Waals surface area contributed by atoms with Crippen molar-refractivity contribution in [1.29, 1.82) is 0 Å². The minimum atomic E-state index is -3.91. The molecule has 0 fully saturated rings. The second-order valence-corrected chi connectivity index (χ2v) is 11.0. The van der Waals surface area contributed by atoms with Gasteiger partial charge in [0.05, 0.1) is 34.1 Å². The molecule has 0 unspecified atom stereocenters. The van der Waals surface area contributed by atoms with E-state index in [-0.39, 0.29) is 23.0 Å². The van der Waals surface area contributed by atoms with Crippen molar-refractivity contribution in [2.24, 2.45) is 5.41 Å². The van der Waals surface area contributed by atoms with Crippen molar-refractivity contribution in [2.75, 3.05) is 0 Å². The lowest BCUT2D eigenvalue weighted by atomic mass is 9.54. The van der Waals surface area contributed by atoms with Gasteiger partial charge in [-0.15, -0.1) is 0 Å². The quantitative estimate of drug-likeness (QED) is 0.0752. The molecule has 4 aromatic rings. The number of aliphatic carboxylic acids is 4. The highest BCUT2D eigenvalue weighted by Crippen LogP contribution is 2.52. The van der Waals surface area contributed by atoms with E-state index in [9.17, 15) is 79.2 Å². The standard InChI is InChI=1S/C35H24O18/c36-26(37)15-34(35(31(46)47,32(48)49)33(50)51,16-1-5-18(6-2-16)52-20-9-11-22(27(38)39)24(13-20)29(42)43)17-3-7-19(8-4-17)53-21-10-12-23(28(40)41)25(14-21)30(44)45/h1-14H,15H2,(H,36,37)(H,38,39)(H,40,41)(H,42,43)(H,44,45)(H,46,47)(H,48,49)(H,50,51). The van der Waals surface area contributed by atoms with Crippen LogP contribution in [0.15, 0.2) is 84.9 Å². The van der Waals surface area contributed by atoms with Gasteiger partial charge in [-0.2, -0.15) is 0 Å². The molecule has 0 amide bonds. The zero-order valence-electron chi connectivity index (χ0n) is 26.5. The van der Waals surface area contributed by atoms with Gasteiger partial charge in [-0.3, -0.25) is 19.2 Å². The van der Waals surface area contributed by atoms with Crippen LogP contribution in [0.2, 0.25) is 0 Å². The smallest absolute Gasteiger partial charge is 0.336 e. The van der Waals surface area contributed by atoms with Crippen molar-refractivity contribution >= 4 is 47.8 Å². The number of aromatic carboxylic acids is 4. The zero-order valence-corrected chi connectivity index (χ0v) is 26.5. The molecule has 0 bridgehead atoms. The highest BCUT2D eigenvalue weighted by atomic mass is 16.5. The molecule has 0 aliphatic heterocycles. The fraction of sp³-hybridized carbons (Fsp3) is 0.0857.